The van der Waals surface area contributed by atoms with Crippen molar-refractivity contribution >= 4 is 5.78 Å². The summed E-state index contributed by atoms with van der Waals surface area (Å²) in [5.74, 6) is 0.569. The van der Waals surface area contributed by atoms with E-state index in [1.165, 1.54) is 11.1 Å². The molecule has 1 atom stereocenters. The van der Waals surface area contributed by atoms with E-state index in [9.17, 15) is 4.79 Å². The summed E-state index contributed by atoms with van der Waals surface area (Å²) in [4.78, 5) is 12.2. The maximum Gasteiger partial charge on any atom is 0.205 e. The van der Waals surface area contributed by atoms with Crippen LogP contribution in [0.5, 0.6) is 0 Å². The number of Topliss-reactive ketones (excluding diaryl/α,β-unsaturated/α-hetero) is 1. The standard InChI is InChI=1S/C14H12O2/c15-14(13-6-3-9-16-13)12-8-7-10-4-1-2-5-11(10)12/h1-6,9,12H,7-8H2. The SMILES string of the molecule is O=C(c1ccco1)C1CCc2ccccc21. The molecule has 1 unspecified atom stereocenters. The molecular formula is C14H12O2. The van der Waals surface area contributed by atoms with E-state index in [4.69, 9.17) is 4.42 Å². The molecule has 0 saturated carbocycles. The Balaban J connectivity index is 1.96. The Kier molecular flexibility index (Phi) is 2.13. The molecule has 2 nitrogen and oxygen atoms in total. The largest absolute Gasteiger partial charge is 0.461 e. The molecule has 0 spiro atoms. The average Bonchev–Trinajstić information content (AvgIpc) is 2.98. The molecule has 1 aromatic carbocycles. The average molecular weight is 212 g/mol. The second-order valence-electron chi connectivity index (χ2n) is 4.13. The van der Waals surface area contributed by atoms with Gasteiger partial charge in [0.25, 0.3) is 0 Å². The van der Waals surface area contributed by atoms with Gasteiger partial charge in [0, 0.05) is 0 Å². The molecule has 0 saturated heterocycles. The molecule has 1 heterocycles. The van der Waals surface area contributed by atoms with Gasteiger partial charge in [0.05, 0.1) is 12.2 Å². The molecule has 2 aromatic rings. The van der Waals surface area contributed by atoms with Crippen LogP contribution in [-0.4, -0.2) is 5.78 Å². The van der Waals surface area contributed by atoms with Crippen LogP contribution >= 0.6 is 0 Å². The normalized spacial score (nSPS) is 18.4. The van der Waals surface area contributed by atoms with Gasteiger partial charge in [-0.3, -0.25) is 4.79 Å². The smallest absolute Gasteiger partial charge is 0.205 e. The number of hydrogen-bond acceptors (Lipinski definition) is 2. The van der Waals surface area contributed by atoms with Crippen molar-refractivity contribution < 1.29 is 9.21 Å². The first-order valence-electron chi connectivity index (χ1n) is 5.52. The van der Waals surface area contributed by atoms with Gasteiger partial charge < -0.3 is 4.42 Å². The van der Waals surface area contributed by atoms with E-state index in [2.05, 4.69) is 6.07 Å². The van der Waals surface area contributed by atoms with Gasteiger partial charge in [0.2, 0.25) is 5.78 Å². The molecule has 0 amide bonds. The maximum atomic E-state index is 12.2. The van der Waals surface area contributed by atoms with Crippen molar-refractivity contribution in [2.24, 2.45) is 0 Å². The summed E-state index contributed by atoms with van der Waals surface area (Å²) in [6.07, 6.45) is 3.44. The molecule has 2 heteroatoms. The number of carbonyl (C=O) groups is 1. The monoisotopic (exact) mass is 212 g/mol. The first-order chi connectivity index (χ1) is 7.86. The third kappa shape index (κ3) is 1.38. The van der Waals surface area contributed by atoms with Crippen LogP contribution in [0.2, 0.25) is 0 Å². The summed E-state index contributed by atoms with van der Waals surface area (Å²) in [5, 5.41) is 0. The van der Waals surface area contributed by atoms with E-state index >= 15 is 0 Å². The van der Waals surface area contributed by atoms with E-state index in [0.29, 0.717) is 5.76 Å². The molecule has 3 rings (SSSR count). The first kappa shape index (κ1) is 9.40. The highest BCUT2D eigenvalue weighted by Gasteiger charge is 2.30. The Morgan fingerprint density at radius 2 is 2.06 bits per heavy atom. The van der Waals surface area contributed by atoms with E-state index in [-0.39, 0.29) is 11.7 Å². The van der Waals surface area contributed by atoms with Crippen LogP contribution in [0.15, 0.2) is 47.1 Å². The van der Waals surface area contributed by atoms with E-state index < -0.39 is 0 Å². The third-order valence-corrected chi connectivity index (χ3v) is 3.21. The summed E-state index contributed by atoms with van der Waals surface area (Å²) in [6.45, 7) is 0. The minimum absolute atomic E-state index is 0.0117. The predicted octanol–water partition coefficient (Wildman–Crippen LogP) is 3.19. The maximum absolute atomic E-state index is 12.2. The Morgan fingerprint density at radius 3 is 2.88 bits per heavy atom. The molecule has 0 N–H and O–H groups in total. The molecule has 0 fully saturated rings. The van der Waals surface area contributed by atoms with Gasteiger partial charge in [-0.2, -0.15) is 0 Å². The molecular weight excluding hydrogens is 200 g/mol. The van der Waals surface area contributed by atoms with Crippen LogP contribution in [0.4, 0.5) is 0 Å². The predicted molar refractivity (Wildman–Crippen MR) is 60.5 cm³/mol. The Morgan fingerprint density at radius 1 is 1.19 bits per heavy atom. The second kappa shape index (κ2) is 3.63. The van der Waals surface area contributed by atoms with Crippen LogP contribution in [0.1, 0.15) is 34.0 Å². The van der Waals surface area contributed by atoms with Gasteiger partial charge in [-0.15, -0.1) is 0 Å². The van der Waals surface area contributed by atoms with Gasteiger partial charge in [0.1, 0.15) is 0 Å². The molecule has 1 aliphatic rings. The lowest BCUT2D eigenvalue weighted by atomic mass is 9.95. The second-order valence-corrected chi connectivity index (χ2v) is 4.13. The fraction of sp³-hybridized carbons (Fsp3) is 0.214. The summed E-state index contributed by atoms with van der Waals surface area (Å²) in [6, 6.07) is 11.7. The minimum atomic E-state index is -0.0117. The van der Waals surface area contributed by atoms with Crippen LogP contribution in [0.3, 0.4) is 0 Å². The summed E-state index contributed by atoms with van der Waals surface area (Å²) in [5.41, 5.74) is 2.47. The number of fused-ring (bicyclic) bond motifs is 1. The summed E-state index contributed by atoms with van der Waals surface area (Å²) < 4.78 is 5.17. The number of carbonyl (C=O) groups excluding carboxylic acids is 1. The molecule has 0 aliphatic heterocycles. The highest BCUT2D eigenvalue weighted by molar-refractivity contribution is 5.99. The lowest BCUT2D eigenvalue weighted by Gasteiger charge is -2.07. The zero-order valence-electron chi connectivity index (χ0n) is 8.85. The lowest BCUT2D eigenvalue weighted by molar-refractivity contribution is 0.0932. The topological polar surface area (TPSA) is 30.2 Å². The highest BCUT2D eigenvalue weighted by Crippen LogP contribution is 2.35. The van der Waals surface area contributed by atoms with Crippen LogP contribution in [-0.2, 0) is 6.42 Å². The van der Waals surface area contributed by atoms with Crippen molar-refractivity contribution in [3.8, 4) is 0 Å². The quantitative estimate of drug-likeness (QED) is 0.715. The van der Waals surface area contributed by atoms with Gasteiger partial charge in [-0.1, -0.05) is 24.3 Å². The van der Waals surface area contributed by atoms with E-state index in [1.54, 1.807) is 18.4 Å². The van der Waals surface area contributed by atoms with Crippen LogP contribution < -0.4 is 0 Å². The molecule has 1 aromatic heterocycles. The molecule has 0 radical (unpaired) electrons. The Hall–Kier alpha value is -1.83. The lowest BCUT2D eigenvalue weighted by Crippen LogP contribution is -2.08. The fourth-order valence-electron chi connectivity index (χ4n) is 2.42. The van der Waals surface area contributed by atoms with Gasteiger partial charge in [-0.25, -0.2) is 0 Å². The zero-order chi connectivity index (χ0) is 11.0. The highest BCUT2D eigenvalue weighted by atomic mass is 16.3. The molecule has 16 heavy (non-hydrogen) atoms. The third-order valence-electron chi connectivity index (χ3n) is 3.21. The summed E-state index contributed by atoms with van der Waals surface area (Å²) >= 11 is 0. The number of furan rings is 1. The van der Waals surface area contributed by atoms with Crippen LogP contribution in [0, 0.1) is 0 Å². The number of hydrogen-bond donors (Lipinski definition) is 0. The summed E-state index contributed by atoms with van der Waals surface area (Å²) in [7, 11) is 0. The van der Waals surface area contributed by atoms with Crippen molar-refractivity contribution in [1.82, 2.24) is 0 Å². The Labute approximate surface area is 93.9 Å². The Bertz CT molecular complexity index is 511. The molecule has 0 bridgehead atoms. The zero-order valence-corrected chi connectivity index (χ0v) is 8.85. The van der Waals surface area contributed by atoms with Crippen molar-refractivity contribution in [2.75, 3.05) is 0 Å². The van der Waals surface area contributed by atoms with Crippen molar-refractivity contribution in [3.63, 3.8) is 0 Å². The van der Waals surface area contributed by atoms with Crippen LogP contribution in [0.25, 0.3) is 0 Å². The van der Waals surface area contributed by atoms with Crippen molar-refractivity contribution in [1.29, 1.82) is 0 Å². The van der Waals surface area contributed by atoms with Crippen molar-refractivity contribution in [3.05, 3.63) is 59.5 Å². The van der Waals surface area contributed by atoms with E-state index in [0.717, 1.165) is 12.8 Å². The number of rotatable bonds is 2. The number of ketones is 1. The first-order valence-corrected chi connectivity index (χ1v) is 5.52. The number of aryl methyl sites for hydroxylation is 1. The van der Waals surface area contributed by atoms with Crippen molar-refractivity contribution in [2.45, 2.75) is 18.8 Å². The van der Waals surface area contributed by atoms with E-state index in [1.807, 2.05) is 18.2 Å². The van der Waals surface area contributed by atoms with Gasteiger partial charge in [-0.05, 0) is 36.1 Å². The molecule has 80 valence electrons. The number of benzene rings is 1. The fourth-order valence-corrected chi connectivity index (χ4v) is 2.42. The van der Waals surface area contributed by atoms with Gasteiger partial charge in [0.15, 0.2) is 5.76 Å². The molecule has 1 aliphatic carbocycles. The van der Waals surface area contributed by atoms with Gasteiger partial charge >= 0.3 is 0 Å². The minimum Gasteiger partial charge on any atom is -0.461 e.